The minimum atomic E-state index is -4.63. The summed E-state index contributed by atoms with van der Waals surface area (Å²) in [7, 11) is 0. The molecule has 6 nitrogen and oxygen atoms in total. The van der Waals surface area contributed by atoms with E-state index in [9.17, 15) is 17.6 Å². The van der Waals surface area contributed by atoms with E-state index >= 15 is 0 Å². The van der Waals surface area contributed by atoms with Crippen molar-refractivity contribution < 1.29 is 22.3 Å². The summed E-state index contributed by atoms with van der Waals surface area (Å²) < 4.78 is 63.8. The van der Waals surface area contributed by atoms with Crippen LogP contribution in [0.5, 0.6) is 0 Å². The van der Waals surface area contributed by atoms with E-state index in [4.69, 9.17) is 9.72 Å². The Morgan fingerprint density at radius 3 is 2.63 bits per heavy atom. The first-order valence-corrected chi connectivity index (χ1v) is 11.7. The first kappa shape index (κ1) is 22.2. The molecule has 4 aromatic rings. The van der Waals surface area contributed by atoms with Crippen molar-refractivity contribution in [1.82, 2.24) is 24.1 Å². The van der Waals surface area contributed by atoms with E-state index in [2.05, 4.69) is 10.1 Å². The second-order valence-corrected chi connectivity index (χ2v) is 9.37. The zero-order valence-corrected chi connectivity index (χ0v) is 19.0. The van der Waals surface area contributed by atoms with Crippen LogP contribution in [0.1, 0.15) is 66.3 Å². The van der Waals surface area contributed by atoms with E-state index in [1.54, 1.807) is 10.6 Å². The quantitative estimate of drug-likeness (QED) is 0.331. The van der Waals surface area contributed by atoms with Crippen LogP contribution in [-0.4, -0.2) is 30.8 Å². The molecular formula is C25H23F4N5O. The molecule has 2 fully saturated rings. The van der Waals surface area contributed by atoms with Crippen LogP contribution in [0.25, 0.3) is 17.0 Å². The highest BCUT2D eigenvalue weighted by molar-refractivity contribution is 5.62. The lowest BCUT2D eigenvalue weighted by molar-refractivity contribution is -0.137. The van der Waals surface area contributed by atoms with Gasteiger partial charge in [0.15, 0.2) is 0 Å². The van der Waals surface area contributed by atoms with Gasteiger partial charge in [0.25, 0.3) is 0 Å². The molecule has 1 saturated heterocycles. The van der Waals surface area contributed by atoms with Crippen molar-refractivity contribution in [3.8, 4) is 11.4 Å². The standard InChI is InChI=1S/C25H23F4N5O/c1-14-12-33-23(31-14)10-21(32-24(33)19-5-2-17(9-20(19)26)25(27,28)29)15-6-7-35-22(8-15)16-11-30-34(13-16)18-3-4-18/h2,5,9-13,15,18,22H,3-4,6-8H2,1H3/t15-,22+/m0/s1. The number of hydrogen-bond acceptors (Lipinski definition) is 4. The number of fused-ring (bicyclic) bond motifs is 1. The first-order chi connectivity index (χ1) is 16.8. The molecule has 0 radical (unpaired) electrons. The maximum atomic E-state index is 14.9. The Kier molecular flexibility index (Phi) is 5.17. The molecular weight excluding hydrogens is 462 g/mol. The number of rotatable bonds is 4. The smallest absolute Gasteiger partial charge is 0.373 e. The van der Waals surface area contributed by atoms with Crippen LogP contribution < -0.4 is 0 Å². The molecule has 1 aliphatic carbocycles. The molecule has 3 aromatic heterocycles. The van der Waals surface area contributed by atoms with Crippen molar-refractivity contribution in [3.63, 3.8) is 0 Å². The van der Waals surface area contributed by atoms with Gasteiger partial charge in [-0.05, 0) is 50.8 Å². The van der Waals surface area contributed by atoms with Crippen LogP contribution in [0.15, 0.2) is 42.9 Å². The van der Waals surface area contributed by atoms with E-state index < -0.39 is 17.6 Å². The lowest BCUT2D eigenvalue weighted by Gasteiger charge is -2.29. The van der Waals surface area contributed by atoms with E-state index in [1.165, 1.54) is 0 Å². The number of benzene rings is 1. The van der Waals surface area contributed by atoms with Gasteiger partial charge in [-0.3, -0.25) is 9.08 Å². The Labute approximate surface area is 198 Å². The molecule has 10 heteroatoms. The average Bonchev–Trinajstić information content (AvgIpc) is 3.42. The summed E-state index contributed by atoms with van der Waals surface area (Å²) >= 11 is 0. The van der Waals surface area contributed by atoms with Gasteiger partial charge in [0.1, 0.15) is 17.3 Å². The summed E-state index contributed by atoms with van der Waals surface area (Å²) in [5.74, 6) is -0.723. The monoisotopic (exact) mass is 485 g/mol. The topological polar surface area (TPSA) is 57.2 Å². The fourth-order valence-corrected chi connectivity index (χ4v) is 4.76. The van der Waals surface area contributed by atoms with Crippen LogP contribution in [0.4, 0.5) is 17.6 Å². The van der Waals surface area contributed by atoms with Gasteiger partial charge >= 0.3 is 6.18 Å². The van der Waals surface area contributed by atoms with Crippen molar-refractivity contribution in [1.29, 1.82) is 0 Å². The SMILES string of the molecule is Cc1cn2c(-c3ccc(C(F)(F)F)cc3F)nc([C@H]3CCO[C@@H](c4cnn(C5CC5)c4)C3)cc2n1. The fourth-order valence-electron chi connectivity index (χ4n) is 4.76. The van der Waals surface area contributed by atoms with E-state index in [1.807, 2.05) is 30.1 Å². The molecule has 4 heterocycles. The van der Waals surface area contributed by atoms with Gasteiger partial charge in [-0.1, -0.05) is 0 Å². The van der Waals surface area contributed by atoms with Crippen molar-refractivity contribution in [2.24, 2.45) is 0 Å². The van der Waals surface area contributed by atoms with Crippen molar-refractivity contribution in [2.75, 3.05) is 6.61 Å². The second kappa shape index (κ2) is 8.15. The van der Waals surface area contributed by atoms with Gasteiger partial charge in [0.05, 0.1) is 35.2 Å². The molecule has 2 atom stereocenters. The van der Waals surface area contributed by atoms with E-state index in [0.717, 1.165) is 42.7 Å². The van der Waals surface area contributed by atoms with Gasteiger partial charge in [0, 0.05) is 42.2 Å². The molecule has 1 aromatic carbocycles. The van der Waals surface area contributed by atoms with Gasteiger partial charge in [-0.15, -0.1) is 0 Å². The maximum absolute atomic E-state index is 14.9. The number of alkyl halides is 3. The summed E-state index contributed by atoms with van der Waals surface area (Å²) in [6.45, 7) is 2.34. The number of nitrogens with zero attached hydrogens (tertiary/aromatic N) is 5. The summed E-state index contributed by atoms with van der Waals surface area (Å²) in [4.78, 5) is 9.28. The third-order valence-electron chi connectivity index (χ3n) is 6.75. The molecule has 1 saturated carbocycles. The number of aromatic nitrogens is 5. The van der Waals surface area contributed by atoms with Crippen LogP contribution in [0, 0.1) is 12.7 Å². The number of imidazole rings is 1. The average molecular weight is 485 g/mol. The highest BCUT2D eigenvalue weighted by Gasteiger charge is 2.33. The van der Waals surface area contributed by atoms with E-state index in [0.29, 0.717) is 36.5 Å². The largest absolute Gasteiger partial charge is 0.416 e. The minimum Gasteiger partial charge on any atom is -0.373 e. The Balaban J connectivity index is 1.37. The van der Waals surface area contributed by atoms with Crippen LogP contribution in [-0.2, 0) is 10.9 Å². The molecule has 35 heavy (non-hydrogen) atoms. The third-order valence-corrected chi connectivity index (χ3v) is 6.75. The highest BCUT2D eigenvalue weighted by Crippen LogP contribution is 2.40. The molecule has 182 valence electrons. The molecule has 0 spiro atoms. The molecule has 0 N–H and O–H groups in total. The number of aryl methyl sites for hydroxylation is 1. The Morgan fingerprint density at radius 1 is 1.06 bits per heavy atom. The number of halogens is 4. The fraction of sp³-hybridized carbons (Fsp3) is 0.400. The highest BCUT2D eigenvalue weighted by atomic mass is 19.4. The zero-order chi connectivity index (χ0) is 24.3. The predicted octanol–water partition coefficient (Wildman–Crippen LogP) is 6.03. The molecule has 6 rings (SSSR count). The van der Waals surface area contributed by atoms with Gasteiger partial charge in [-0.25, -0.2) is 14.4 Å². The summed E-state index contributed by atoms with van der Waals surface area (Å²) in [6, 6.07) is 4.89. The molecule has 0 bridgehead atoms. The molecule has 2 aliphatic rings. The Hall–Kier alpha value is -3.27. The molecule has 0 amide bonds. The third kappa shape index (κ3) is 4.20. The van der Waals surface area contributed by atoms with Crippen molar-refractivity contribution in [2.45, 2.75) is 56.8 Å². The van der Waals surface area contributed by atoms with Gasteiger partial charge in [0.2, 0.25) is 0 Å². The number of hydrogen-bond donors (Lipinski definition) is 0. The summed E-state index contributed by atoms with van der Waals surface area (Å²) in [6.07, 6.45) is 4.53. The van der Waals surface area contributed by atoms with Crippen LogP contribution in [0.3, 0.4) is 0 Å². The van der Waals surface area contributed by atoms with E-state index in [-0.39, 0.29) is 23.4 Å². The minimum absolute atomic E-state index is 0.00318. The maximum Gasteiger partial charge on any atom is 0.416 e. The summed E-state index contributed by atoms with van der Waals surface area (Å²) in [5, 5.41) is 4.47. The molecule has 1 aliphatic heterocycles. The predicted molar refractivity (Wildman–Crippen MR) is 119 cm³/mol. The Morgan fingerprint density at radius 2 is 1.89 bits per heavy atom. The summed E-state index contributed by atoms with van der Waals surface area (Å²) in [5.41, 5.74) is 1.98. The lowest BCUT2D eigenvalue weighted by atomic mass is 9.90. The van der Waals surface area contributed by atoms with Crippen LogP contribution >= 0.6 is 0 Å². The normalized spacial score (nSPS) is 21.1. The van der Waals surface area contributed by atoms with Gasteiger partial charge in [-0.2, -0.15) is 18.3 Å². The van der Waals surface area contributed by atoms with Crippen LogP contribution in [0.2, 0.25) is 0 Å². The number of ether oxygens (including phenoxy) is 1. The van der Waals surface area contributed by atoms with Gasteiger partial charge < -0.3 is 4.74 Å². The first-order valence-electron chi connectivity index (χ1n) is 11.7. The Bertz CT molecular complexity index is 1400. The lowest BCUT2D eigenvalue weighted by Crippen LogP contribution is -2.20. The van der Waals surface area contributed by atoms with Crippen molar-refractivity contribution >= 4 is 5.65 Å². The second-order valence-electron chi connectivity index (χ2n) is 9.37. The molecule has 0 unspecified atom stereocenters. The van der Waals surface area contributed by atoms with Crippen molar-refractivity contribution in [3.05, 3.63) is 71.2 Å². The zero-order valence-electron chi connectivity index (χ0n) is 19.0.